The van der Waals surface area contributed by atoms with Gasteiger partial charge in [0.25, 0.3) is 0 Å². The van der Waals surface area contributed by atoms with E-state index in [2.05, 4.69) is 24.2 Å². The largest absolute Gasteiger partial charge is 0.339 e. The standard InChI is InChI=1S/C12H23N3O/c1-10(11-3-4-11)14(2)9-12(16)15-7-5-13-6-8-15/h10-11,13H,3-9H2,1-2H3. The Kier molecular flexibility index (Phi) is 3.82. The first-order chi connectivity index (χ1) is 7.68. The molecule has 1 aliphatic heterocycles. The minimum atomic E-state index is 0.288. The van der Waals surface area contributed by atoms with Crippen molar-refractivity contribution in [3.63, 3.8) is 0 Å². The van der Waals surface area contributed by atoms with E-state index in [-0.39, 0.29) is 5.91 Å². The maximum atomic E-state index is 12.0. The van der Waals surface area contributed by atoms with E-state index in [9.17, 15) is 4.79 Å². The fraction of sp³-hybridized carbons (Fsp3) is 0.917. The van der Waals surface area contributed by atoms with Gasteiger partial charge in [-0.1, -0.05) is 0 Å². The van der Waals surface area contributed by atoms with Crippen LogP contribution in [0.5, 0.6) is 0 Å². The molecule has 0 aromatic heterocycles. The number of amides is 1. The Hall–Kier alpha value is -0.610. The molecule has 0 spiro atoms. The second-order valence-corrected chi connectivity index (χ2v) is 5.12. The number of hydrogen-bond donors (Lipinski definition) is 1. The Bertz CT molecular complexity index is 247. The SMILES string of the molecule is CC(C1CC1)N(C)CC(=O)N1CCNCC1. The molecule has 92 valence electrons. The smallest absolute Gasteiger partial charge is 0.236 e. The average Bonchev–Trinajstić information content (AvgIpc) is 3.13. The highest BCUT2D eigenvalue weighted by Gasteiger charge is 2.31. The van der Waals surface area contributed by atoms with Crippen LogP contribution in [0.3, 0.4) is 0 Å². The van der Waals surface area contributed by atoms with Crippen molar-refractivity contribution >= 4 is 5.91 Å². The molecule has 2 aliphatic rings. The third-order valence-corrected chi connectivity index (χ3v) is 3.85. The van der Waals surface area contributed by atoms with E-state index in [4.69, 9.17) is 0 Å². The fourth-order valence-corrected chi connectivity index (χ4v) is 2.31. The molecule has 2 fully saturated rings. The van der Waals surface area contributed by atoms with Gasteiger partial charge in [0.05, 0.1) is 6.54 Å². The number of nitrogens with one attached hydrogen (secondary N) is 1. The minimum Gasteiger partial charge on any atom is -0.339 e. The van der Waals surface area contributed by atoms with Crippen molar-refractivity contribution in [2.75, 3.05) is 39.8 Å². The molecule has 4 heteroatoms. The van der Waals surface area contributed by atoms with Crippen molar-refractivity contribution in [1.82, 2.24) is 15.1 Å². The lowest BCUT2D eigenvalue weighted by Gasteiger charge is -2.31. The van der Waals surface area contributed by atoms with Gasteiger partial charge in [-0.15, -0.1) is 0 Å². The molecule has 0 aromatic rings. The van der Waals surface area contributed by atoms with Gasteiger partial charge in [-0.3, -0.25) is 9.69 Å². The van der Waals surface area contributed by atoms with E-state index in [0.29, 0.717) is 12.6 Å². The normalized spacial score (nSPS) is 23.6. The number of carbonyl (C=O) groups excluding carboxylic acids is 1. The van der Waals surface area contributed by atoms with Crippen LogP contribution in [0, 0.1) is 5.92 Å². The zero-order chi connectivity index (χ0) is 11.5. The molecule has 2 rings (SSSR count). The van der Waals surface area contributed by atoms with Crippen molar-refractivity contribution in [3.8, 4) is 0 Å². The zero-order valence-corrected chi connectivity index (χ0v) is 10.4. The highest BCUT2D eigenvalue weighted by Crippen LogP contribution is 2.34. The van der Waals surface area contributed by atoms with Gasteiger partial charge in [-0.25, -0.2) is 0 Å². The second-order valence-electron chi connectivity index (χ2n) is 5.12. The topological polar surface area (TPSA) is 35.6 Å². The molecule has 16 heavy (non-hydrogen) atoms. The van der Waals surface area contributed by atoms with Crippen molar-refractivity contribution < 1.29 is 4.79 Å². The predicted octanol–water partition coefficient (Wildman–Crippen LogP) is 0.149. The van der Waals surface area contributed by atoms with E-state index in [1.165, 1.54) is 12.8 Å². The first-order valence-electron chi connectivity index (χ1n) is 6.37. The van der Waals surface area contributed by atoms with E-state index in [1.54, 1.807) is 0 Å². The van der Waals surface area contributed by atoms with Crippen molar-refractivity contribution in [2.45, 2.75) is 25.8 Å². The maximum Gasteiger partial charge on any atom is 0.236 e. The van der Waals surface area contributed by atoms with Gasteiger partial charge in [0.1, 0.15) is 0 Å². The Morgan fingerprint density at radius 2 is 2.06 bits per heavy atom. The first-order valence-corrected chi connectivity index (χ1v) is 6.37. The molecule has 1 heterocycles. The molecule has 1 aliphatic carbocycles. The lowest BCUT2D eigenvalue weighted by molar-refractivity contribution is -0.133. The van der Waals surface area contributed by atoms with Gasteiger partial charge >= 0.3 is 0 Å². The van der Waals surface area contributed by atoms with Gasteiger partial charge in [-0.05, 0) is 32.7 Å². The van der Waals surface area contributed by atoms with Crippen LogP contribution in [0.4, 0.5) is 0 Å². The van der Waals surface area contributed by atoms with Crippen molar-refractivity contribution in [1.29, 1.82) is 0 Å². The quantitative estimate of drug-likeness (QED) is 0.740. The van der Waals surface area contributed by atoms with Crippen LogP contribution in [0.15, 0.2) is 0 Å². The molecule has 0 aromatic carbocycles. The third kappa shape index (κ3) is 2.95. The summed E-state index contributed by atoms with van der Waals surface area (Å²) < 4.78 is 0. The number of piperazine rings is 1. The molecular weight excluding hydrogens is 202 g/mol. The number of rotatable bonds is 4. The predicted molar refractivity (Wildman–Crippen MR) is 64.3 cm³/mol. The fourth-order valence-electron chi connectivity index (χ4n) is 2.31. The molecule has 1 N–H and O–H groups in total. The number of carbonyl (C=O) groups is 1. The van der Waals surface area contributed by atoms with Crippen LogP contribution in [0.2, 0.25) is 0 Å². The van der Waals surface area contributed by atoms with Gasteiger partial charge in [0.15, 0.2) is 0 Å². The van der Waals surface area contributed by atoms with Crippen LogP contribution in [-0.4, -0.2) is 61.5 Å². The summed E-state index contributed by atoms with van der Waals surface area (Å²) in [6.45, 7) is 6.43. The Balaban J connectivity index is 1.76. The molecule has 1 unspecified atom stereocenters. The van der Waals surface area contributed by atoms with E-state index in [1.807, 2.05) is 4.90 Å². The monoisotopic (exact) mass is 225 g/mol. The van der Waals surface area contributed by atoms with E-state index < -0.39 is 0 Å². The summed E-state index contributed by atoms with van der Waals surface area (Å²) >= 11 is 0. The number of nitrogens with zero attached hydrogens (tertiary/aromatic N) is 2. The van der Waals surface area contributed by atoms with Gasteiger partial charge in [0, 0.05) is 32.2 Å². The van der Waals surface area contributed by atoms with Crippen LogP contribution < -0.4 is 5.32 Å². The average molecular weight is 225 g/mol. The molecule has 1 saturated carbocycles. The van der Waals surface area contributed by atoms with Crippen molar-refractivity contribution in [2.24, 2.45) is 5.92 Å². The van der Waals surface area contributed by atoms with E-state index in [0.717, 1.165) is 32.1 Å². The molecule has 1 amide bonds. The molecule has 1 atom stereocenters. The Morgan fingerprint density at radius 3 is 2.62 bits per heavy atom. The highest BCUT2D eigenvalue weighted by molar-refractivity contribution is 5.78. The molecular formula is C12H23N3O. The van der Waals surface area contributed by atoms with E-state index >= 15 is 0 Å². The zero-order valence-electron chi connectivity index (χ0n) is 10.4. The molecule has 1 saturated heterocycles. The van der Waals surface area contributed by atoms with Crippen LogP contribution >= 0.6 is 0 Å². The second kappa shape index (κ2) is 5.15. The third-order valence-electron chi connectivity index (χ3n) is 3.85. The minimum absolute atomic E-state index is 0.288. The summed E-state index contributed by atoms with van der Waals surface area (Å²) in [6, 6.07) is 0.562. The molecule has 0 bridgehead atoms. The van der Waals surface area contributed by atoms with Gasteiger partial charge in [0.2, 0.25) is 5.91 Å². The molecule has 4 nitrogen and oxygen atoms in total. The van der Waals surface area contributed by atoms with Crippen LogP contribution in [0.25, 0.3) is 0 Å². The summed E-state index contributed by atoms with van der Waals surface area (Å²) in [5.41, 5.74) is 0. The summed E-state index contributed by atoms with van der Waals surface area (Å²) in [7, 11) is 2.07. The summed E-state index contributed by atoms with van der Waals surface area (Å²) in [5.74, 6) is 1.12. The van der Waals surface area contributed by atoms with Gasteiger partial charge < -0.3 is 10.2 Å². The molecule has 0 radical (unpaired) electrons. The van der Waals surface area contributed by atoms with Crippen LogP contribution in [0.1, 0.15) is 19.8 Å². The maximum absolute atomic E-state index is 12.0. The number of hydrogen-bond acceptors (Lipinski definition) is 3. The number of likely N-dealkylation sites (N-methyl/N-ethyl adjacent to an activating group) is 1. The van der Waals surface area contributed by atoms with Gasteiger partial charge in [-0.2, -0.15) is 0 Å². The first kappa shape index (κ1) is 11.9. The Morgan fingerprint density at radius 1 is 1.44 bits per heavy atom. The Labute approximate surface area is 98.0 Å². The van der Waals surface area contributed by atoms with Crippen molar-refractivity contribution in [3.05, 3.63) is 0 Å². The van der Waals surface area contributed by atoms with Crippen LogP contribution in [-0.2, 0) is 4.79 Å². The summed E-state index contributed by atoms with van der Waals surface area (Å²) in [4.78, 5) is 16.2. The lowest BCUT2D eigenvalue weighted by Crippen LogP contribution is -2.50. The lowest BCUT2D eigenvalue weighted by atomic mass is 10.2. The summed E-state index contributed by atoms with van der Waals surface area (Å²) in [6.07, 6.45) is 2.68. The highest BCUT2D eigenvalue weighted by atomic mass is 16.2. The summed E-state index contributed by atoms with van der Waals surface area (Å²) in [5, 5.41) is 3.27.